The van der Waals surface area contributed by atoms with Crippen LogP contribution in [0.25, 0.3) is 61.5 Å². The largest absolute Gasteiger partial charge is 0.378 e. The fourth-order valence-electron chi connectivity index (χ4n) is 9.59. The summed E-state index contributed by atoms with van der Waals surface area (Å²) in [5.74, 6) is 0. The zero-order valence-electron chi connectivity index (χ0n) is 52.9. The number of aryl methyl sites for hydroxylation is 2. The van der Waals surface area contributed by atoms with Crippen molar-refractivity contribution in [3.8, 4) is 30.3 Å². The van der Waals surface area contributed by atoms with Crippen molar-refractivity contribution in [1.29, 1.82) is 26.3 Å². The maximum atomic E-state index is 10.8. The van der Waals surface area contributed by atoms with Gasteiger partial charge in [0.2, 0.25) is 5.69 Å². The molecular formula is C81H78N10O4. The number of nitriles is 5. The molecule has 0 aromatic heterocycles. The Labute approximate surface area is 560 Å². The van der Waals surface area contributed by atoms with E-state index in [0.29, 0.717) is 45.7 Å². The van der Waals surface area contributed by atoms with E-state index in [-0.39, 0.29) is 44.5 Å². The second-order valence-electron chi connectivity index (χ2n) is 21.6. The van der Waals surface area contributed by atoms with Crippen LogP contribution in [0.15, 0.2) is 170 Å². The van der Waals surface area contributed by atoms with Crippen LogP contribution in [-0.2, 0) is 0 Å². The van der Waals surface area contributed by atoms with E-state index in [1.807, 2.05) is 214 Å². The van der Waals surface area contributed by atoms with Crippen LogP contribution >= 0.6 is 0 Å². The predicted octanol–water partition coefficient (Wildman–Crippen LogP) is 18.2. The second-order valence-corrected chi connectivity index (χ2v) is 21.6. The van der Waals surface area contributed by atoms with E-state index in [1.165, 1.54) is 12.1 Å². The third kappa shape index (κ3) is 19.2. The van der Waals surface area contributed by atoms with Gasteiger partial charge < -0.3 is 19.6 Å². The first-order chi connectivity index (χ1) is 44.3. The molecule has 0 aliphatic rings. The Bertz CT molecular complexity index is 4380. The van der Waals surface area contributed by atoms with E-state index >= 15 is 0 Å². The van der Waals surface area contributed by atoms with Crippen LogP contribution in [0.1, 0.15) is 125 Å². The summed E-state index contributed by atoms with van der Waals surface area (Å²) < 4.78 is 0. The van der Waals surface area contributed by atoms with Crippen molar-refractivity contribution in [1.82, 2.24) is 0 Å². The Hall–Kier alpha value is -12.7. The average Bonchev–Trinajstić information content (AvgIpc) is 0.799. The van der Waals surface area contributed by atoms with Crippen LogP contribution in [0.2, 0.25) is 0 Å². The molecule has 10 aromatic carbocycles. The lowest BCUT2D eigenvalue weighted by atomic mass is 9.95. The molecule has 476 valence electrons. The van der Waals surface area contributed by atoms with E-state index < -0.39 is 0 Å². The van der Waals surface area contributed by atoms with Crippen molar-refractivity contribution in [3.63, 3.8) is 0 Å². The average molecular weight is 1260 g/mol. The summed E-state index contributed by atoms with van der Waals surface area (Å²) >= 11 is 0. The summed E-state index contributed by atoms with van der Waals surface area (Å²) in [6, 6.07) is 63.5. The van der Waals surface area contributed by atoms with Gasteiger partial charge in [-0.2, -0.15) is 26.3 Å². The number of hydrogen-bond donors (Lipinski definition) is 0. The highest BCUT2D eigenvalue weighted by Gasteiger charge is 2.15. The Kier molecular flexibility index (Phi) is 29.7. The number of carbonyl (C=O) groups excluding carboxylic acids is 4. The third-order valence-electron chi connectivity index (χ3n) is 14.9. The lowest BCUT2D eigenvalue weighted by Gasteiger charge is -2.12. The fraction of sp³-hybridized carbons (Fsp3) is 0.160. The Morgan fingerprint density at radius 1 is 0.305 bits per heavy atom. The zero-order valence-corrected chi connectivity index (χ0v) is 52.9. The molecule has 0 bridgehead atoms. The molecule has 95 heavy (non-hydrogen) atoms. The van der Waals surface area contributed by atoms with E-state index in [1.54, 1.807) is 12.1 Å². The molecule has 0 spiro atoms. The van der Waals surface area contributed by atoms with E-state index in [2.05, 4.69) is 81.4 Å². The van der Waals surface area contributed by atoms with Gasteiger partial charge in [0.25, 0.3) is 0 Å². The van der Waals surface area contributed by atoms with Gasteiger partial charge in [-0.1, -0.05) is 132 Å². The maximum absolute atomic E-state index is 10.8. The van der Waals surface area contributed by atoms with Crippen LogP contribution in [0.5, 0.6) is 0 Å². The van der Waals surface area contributed by atoms with Crippen molar-refractivity contribution in [2.75, 3.05) is 76.0 Å². The number of aldehydes is 4. The Balaban J connectivity index is 0.000000336. The quantitative estimate of drug-likeness (QED) is 0.0635. The molecule has 0 saturated carbocycles. The number of fused-ring (bicyclic) bond motifs is 3. The SMILES string of the molecule is C.C.C.CN(C)c1ccc(C=O)cc1.CN(C)c1ccc(C=O)cc1.Cc1ccc2c(C#N)c(C)ccc2c1C#N.N#Cc1c(C=O)ccc2c(C#N)c(C=O)ccc12.[C-]#[N+]c1c(C=Cc2ccc(N(C)C)cc2)ccc2c(C#N)c(C=Cc3ccc(N(C)C)cc3)ccc12. The maximum Gasteiger partial charge on any atom is 0.202 e. The third-order valence-corrected chi connectivity index (χ3v) is 14.9. The van der Waals surface area contributed by atoms with Gasteiger partial charge in [0, 0.05) is 123 Å². The minimum absolute atomic E-state index is 0. The number of nitrogens with zero attached hydrogens (tertiary/aromatic N) is 10. The lowest BCUT2D eigenvalue weighted by Crippen LogP contribution is -2.08. The first kappa shape index (κ1) is 76.5. The van der Waals surface area contributed by atoms with Crippen LogP contribution in [-0.4, -0.2) is 81.5 Å². The van der Waals surface area contributed by atoms with Crippen LogP contribution in [0.4, 0.5) is 28.4 Å². The summed E-state index contributed by atoms with van der Waals surface area (Å²) in [7, 11) is 15.9. The van der Waals surface area contributed by atoms with Crippen molar-refractivity contribution < 1.29 is 19.2 Å². The molecule has 10 aromatic rings. The molecule has 0 heterocycles. The summed E-state index contributed by atoms with van der Waals surface area (Å²) in [4.78, 5) is 54.2. The van der Waals surface area contributed by atoms with Gasteiger partial charge in [-0.3, -0.25) is 19.2 Å². The standard InChI is InChI=1S/C32H28N4.C14H6N2O2.C14H10N2.2C9H11NO.3CH4/c1-34-32-26(13-7-24-10-18-28(19-11-24)36(4)5)15-20-29-30(32)21-14-25(31(29)22-33)12-6-23-8-16-27(17-9-23)35(2)3;15-5-13-9(7-17)1-3-11-12(13)4-2-10(8-18)14(11)6-16;1-9-3-5-12-11(13(9)7-15)6-4-10(2)14(12)8-16;2*1-10(2)9-5-3-8(7-11)4-6-9;;;/h6-21H,2-5H3;1-4,7-8H;3-6H,1-2H3;2*3-7H,1-2H3;3*1H4. The first-order valence-electron chi connectivity index (χ1n) is 28.7. The number of hydrogen-bond acceptors (Lipinski definition) is 13. The topological polar surface area (TPSA) is 205 Å². The Morgan fingerprint density at radius 3 is 0.853 bits per heavy atom. The minimum Gasteiger partial charge on any atom is -0.378 e. The molecule has 0 radical (unpaired) electrons. The van der Waals surface area contributed by atoms with Crippen LogP contribution < -0.4 is 19.6 Å². The molecule has 0 fully saturated rings. The summed E-state index contributed by atoms with van der Waals surface area (Å²) in [5.41, 5.74) is 15.0. The monoisotopic (exact) mass is 1250 g/mol. The summed E-state index contributed by atoms with van der Waals surface area (Å²) in [5, 5.41) is 50.7. The van der Waals surface area contributed by atoms with Gasteiger partial charge >= 0.3 is 0 Å². The predicted molar refractivity (Wildman–Crippen MR) is 394 cm³/mol. The minimum atomic E-state index is 0. The summed E-state index contributed by atoms with van der Waals surface area (Å²) in [6.45, 7) is 11.6. The van der Waals surface area contributed by atoms with Gasteiger partial charge in [-0.05, 0) is 143 Å². The van der Waals surface area contributed by atoms with Gasteiger partial charge in [0.05, 0.1) is 34.4 Å². The molecule has 0 amide bonds. The molecular weight excluding hydrogens is 1180 g/mol. The fourth-order valence-corrected chi connectivity index (χ4v) is 9.59. The van der Waals surface area contributed by atoms with Crippen LogP contribution in [0.3, 0.4) is 0 Å². The summed E-state index contributed by atoms with van der Waals surface area (Å²) in [6.07, 6.45) is 10.8. The molecule has 10 rings (SSSR count). The molecule has 0 unspecified atom stereocenters. The van der Waals surface area contributed by atoms with E-state index in [4.69, 9.17) is 27.6 Å². The second kappa shape index (κ2) is 36.8. The zero-order chi connectivity index (χ0) is 67.0. The molecule has 14 heteroatoms. The van der Waals surface area contributed by atoms with Crippen molar-refractivity contribution in [2.24, 2.45) is 0 Å². The van der Waals surface area contributed by atoms with Gasteiger partial charge in [0.1, 0.15) is 42.9 Å². The van der Waals surface area contributed by atoms with Crippen LogP contribution in [0, 0.1) is 77.1 Å². The number of rotatable bonds is 12. The van der Waals surface area contributed by atoms with Gasteiger partial charge in [0.15, 0.2) is 12.6 Å². The van der Waals surface area contributed by atoms with E-state index in [9.17, 15) is 24.4 Å². The van der Waals surface area contributed by atoms with Crippen molar-refractivity contribution in [3.05, 3.63) is 265 Å². The smallest absolute Gasteiger partial charge is 0.202 e. The number of anilines is 4. The molecule has 0 saturated heterocycles. The Morgan fingerprint density at radius 2 is 0.558 bits per heavy atom. The normalized spacial score (nSPS) is 9.77. The highest BCUT2D eigenvalue weighted by atomic mass is 16.1. The molecule has 0 atom stereocenters. The van der Waals surface area contributed by atoms with Crippen molar-refractivity contribution >= 4 is 110 Å². The van der Waals surface area contributed by atoms with Gasteiger partial charge in [-0.25, -0.2) is 4.85 Å². The molecule has 0 N–H and O–H groups in total. The number of carbonyl (C=O) groups is 4. The number of benzene rings is 10. The van der Waals surface area contributed by atoms with Crippen molar-refractivity contribution in [2.45, 2.75) is 36.1 Å². The lowest BCUT2D eigenvalue weighted by molar-refractivity contribution is 0.111. The molecule has 0 aliphatic carbocycles. The molecule has 0 aliphatic heterocycles. The van der Waals surface area contributed by atoms with Gasteiger partial charge in [-0.15, -0.1) is 0 Å². The highest BCUT2D eigenvalue weighted by molar-refractivity contribution is 6.04. The highest BCUT2D eigenvalue weighted by Crippen LogP contribution is 2.36. The van der Waals surface area contributed by atoms with E-state index in [0.717, 1.165) is 101 Å². The first-order valence-corrected chi connectivity index (χ1v) is 28.7. The molecule has 14 nitrogen and oxygen atoms in total.